The fraction of sp³-hybridized carbons (Fsp3) is 1.00. The lowest BCUT2D eigenvalue weighted by atomic mass is 10.5. The average molecular weight is 176 g/mol. The van der Waals surface area contributed by atoms with Crippen molar-refractivity contribution in [3.8, 4) is 0 Å². The number of hydrogen-bond acceptors (Lipinski definition) is 1. The first-order chi connectivity index (χ1) is 4.76. The highest BCUT2D eigenvalue weighted by atomic mass is 32.3. The molecule has 0 bridgehead atoms. The summed E-state index contributed by atoms with van der Waals surface area (Å²) in [7, 11) is -0.0266. The van der Waals surface area contributed by atoms with E-state index >= 15 is 0 Å². The third-order valence-electron chi connectivity index (χ3n) is 2.93. The molecule has 1 aliphatic heterocycles. The lowest BCUT2D eigenvalue weighted by Gasteiger charge is -2.45. The second-order valence-corrected chi connectivity index (χ2v) is 8.86. The van der Waals surface area contributed by atoms with Gasteiger partial charge in [0.2, 0.25) is 0 Å². The Morgan fingerprint density at radius 1 is 1.40 bits per heavy atom. The van der Waals surface area contributed by atoms with E-state index in [4.69, 9.17) is 0 Å². The van der Waals surface area contributed by atoms with Crippen LogP contribution in [0.1, 0.15) is 12.8 Å². The van der Waals surface area contributed by atoms with Gasteiger partial charge >= 0.3 is 0 Å². The Kier molecular flexibility index (Phi) is 1.72. The summed E-state index contributed by atoms with van der Waals surface area (Å²) in [6.45, 7) is 0. The second-order valence-electron chi connectivity index (χ2n) is 3.66. The van der Waals surface area contributed by atoms with Crippen LogP contribution in [0.5, 0.6) is 0 Å². The average Bonchev–Trinajstić information content (AvgIpc) is 2.61. The van der Waals surface area contributed by atoms with Gasteiger partial charge in [-0.1, -0.05) is 0 Å². The summed E-state index contributed by atoms with van der Waals surface area (Å²) in [5.41, 5.74) is 0. The minimum atomic E-state index is -0.0266. The van der Waals surface area contributed by atoms with Gasteiger partial charge in [-0.05, 0) is 36.9 Å². The molecule has 0 radical (unpaired) electrons. The topological polar surface area (TPSA) is 0 Å². The summed E-state index contributed by atoms with van der Waals surface area (Å²) in [6.07, 6.45) is 7.92. The summed E-state index contributed by atoms with van der Waals surface area (Å²) in [5, 5.41) is 2.25. The van der Waals surface area contributed by atoms with Crippen molar-refractivity contribution < 1.29 is 0 Å². The molecule has 2 unspecified atom stereocenters. The van der Waals surface area contributed by atoms with Crippen LogP contribution in [0.4, 0.5) is 0 Å². The molecule has 2 atom stereocenters. The van der Waals surface area contributed by atoms with Crippen LogP contribution < -0.4 is 0 Å². The van der Waals surface area contributed by atoms with E-state index in [0.717, 1.165) is 5.25 Å². The van der Waals surface area contributed by atoms with Crippen molar-refractivity contribution in [1.82, 2.24) is 0 Å². The first-order valence-corrected chi connectivity index (χ1v) is 7.75. The van der Waals surface area contributed by atoms with Gasteiger partial charge in [-0.3, -0.25) is 0 Å². The maximum absolute atomic E-state index is 2.57. The molecular formula is C8H16S2. The highest BCUT2D eigenvalue weighted by Crippen LogP contribution is 2.67. The fourth-order valence-electron chi connectivity index (χ4n) is 1.90. The van der Waals surface area contributed by atoms with Crippen LogP contribution in [0.2, 0.25) is 0 Å². The summed E-state index contributed by atoms with van der Waals surface area (Å²) < 4.78 is 0. The molecular weight excluding hydrogens is 160 g/mol. The van der Waals surface area contributed by atoms with E-state index in [0.29, 0.717) is 0 Å². The van der Waals surface area contributed by atoms with Crippen molar-refractivity contribution in [2.75, 3.05) is 24.0 Å². The fourth-order valence-corrected chi connectivity index (χ4v) is 7.07. The number of rotatable bonds is 2. The van der Waals surface area contributed by atoms with Crippen LogP contribution in [-0.4, -0.2) is 34.5 Å². The second kappa shape index (κ2) is 2.34. The minimum absolute atomic E-state index is 0.0266. The Morgan fingerprint density at radius 2 is 2.10 bits per heavy atom. The lowest BCUT2D eigenvalue weighted by molar-refractivity contribution is 1.01. The number of hydrogen-bond donors (Lipinski definition) is 0. The normalized spacial score (nSPS) is 45.8. The van der Waals surface area contributed by atoms with Crippen molar-refractivity contribution in [3.63, 3.8) is 0 Å². The van der Waals surface area contributed by atoms with E-state index in [1.54, 1.807) is 17.9 Å². The maximum Gasteiger partial charge on any atom is 0.0159 e. The first-order valence-electron chi connectivity index (χ1n) is 4.02. The van der Waals surface area contributed by atoms with Crippen molar-refractivity contribution in [2.45, 2.75) is 23.3 Å². The van der Waals surface area contributed by atoms with Gasteiger partial charge in [-0.25, -0.2) is 10.0 Å². The molecule has 2 fully saturated rings. The largest absolute Gasteiger partial charge is 0.240 e. The van der Waals surface area contributed by atoms with Gasteiger partial charge in [0.1, 0.15) is 0 Å². The van der Waals surface area contributed by atoms with Crippen LogP contribution >= 0.6 is 21.8 Å². The third kappa shape index (κ3) is 1.00. The van der Waals surface area contributed by atoms with E-state index < -0.39 is 0 Å². The van der Waals surface area contributed by atoms with Gasteiger partial charge in [0.25, 0.3) is 0 Å². The Bertz CT molecular complexity index is 140. The minimum Gasteiger partial charge on any atom is -0.240 e. The summed E-state index contributed by atoms with van der Waals surface area (Å²) in [6, 6.07) is 0. The van der Waals surface area contributed by atoms with Gasteiger partial charge in [0.05, 0.1) is 0 Å². The Morgan fingerprint density at radius 3 is 2.40 bits per heavy atom. The van der Waals surface area contributed by atoms with E-state index in [-0.39, 0.29) is 10.0 Å². The van der Waals surface area contributed by atoms with Crippen LogP contribution in [0.15, 0.2) is 0 Å². The monoisotopic (exact) mass is 176 g/mol. The highest BCUT2D eigenvalue weighted by molar-refractivity contribution is 8.35. The maximum atomic E-state index is 2.57. The van der Waals surface area contributed by atoms with Crippen molar-refractivity contribution in [3.05, 3.63) is 0 Å². The van der Waals surface area contributed by atoms with Crippen molar-refractivity contribution in [1.29, 1.82) is 0 Å². The SMILES string of the molecule is CSC1CC1S1(C)CCC1. The molecule has 1 heterocycles. The van der Waals surface area contributed by atoms with E-state index in [9.17, 15) is 0 Å². The Labute approximate surface area is 69.5 Å². The highest BCUT2D eigenvalue weighted by Gasteiger charge is 2.48. The predicted molar refractivity (Wildman–Crippen MR) is 53.6 cm³/mol. The summed E-state index contributed by atoms with van der Waals surface area (Å²) in [4.78, 5) is 0. The molecule has 1 saturated carbocycles. The zero-order chi connectivity index (χ0) is 7.19. The van der Waals surface area contributed by atoms with Crippen molar-refractivity contribution >= 4 is 21.8 Å². The van der Waals surface area contributed by atoms with E-state index in [2.05, 4.69) is 24.3 Å². The van der Waals surface area contributed by atoms with Crippen molar-refractivity contribution in [2.24, 2.45) is 0 Å². The molecule has 0 nitrogen and oxygen atoms in total. The Hall–Kier alpha value is 0.700. The molecule has 10 heavy (non-hydrogen) atoms. The molecule has 60 valence electrons. The molecule has 2 rings (SSSR count). The molecule has 0 aromatic heterocycles. The first kappa shape index (κ1) is 7.35. The van der Waals surface area contributed by atoms with Crippen LogP contribution in [0.25, 0.3) is 0 Å². The molecule has 0 amide bonds. The quantitative estimate of drug-likeness (QED) is 0.622. The van der Waals surface area contributed by atoms with Crippen LogP contribution in [-0.2, 0) is 0 Å². The molecule has 0 aromatic rings. The van der Waals surface area contributed by atoms with E-state index in [1.165, 1.54) is 11.7 Å². The van der Waals surface area contributed by atoms with Gasteiger partial charge < -0.3 is 0 Å². The molecule has 0 spiro atoms. The zero-order valence-corrected chi connectivity index (χ0v) is 8.43. The predicted octanol–water partition coefficient (Wildman–Crippen LogP) is 2.33. The lowest BCUT2D eigenvalue weighted by Crippen LogP contribution is -2.24. The van der Waals surface area contributed by atoms with Gasteiger partial charge in [-0.15, -0.1) is 0 Å². The Balaban J connectivity index is 1.90. The van der Waals surface area contributed by atoms with Gasteiger partial charge in [0.15, 0.2) is 0 Å². The summed E-state index contributed by atoms with van der Waals surface area (Å²) in [5.74, 6) is 3.18. The van der Waals surface area contributed by atoms with Gasteiger partial charge in [-0.2, -0.15) is 11.8 Å². The molecule has 1 saturated heterocycles. The smallest absolute Gasteiger partial charge is 0.0159 e. The number of thioether (sulfide) groups is 1. The molecule has 2 heteroatoms. The third-order valence-corrected chi connectivity index (χ3v) is 8.66. The van der Waals surface area contributed by atoms with Crippen LogP contribution in [0.3, 0.4) is 0 Å². The molecule has 0 N–H and O–H groups in total. The molecule has 0 aromatic carbocycles. The van der Waals surface area contributed by atoms with E-state index in [1.807, 2.05) is 0 Å². The molecule has 1 aliphatic carbocycles. The summed E-state index contributed by atoms with van der Waals surface area (Å²) >= 11 is 2.10. The van der Waals surface area contributed by atoms with Crippen LogP contribution in [0, 0.1) is 0 Å². The molecule has 2 aliphatic rings. The zero-order valence-electron chi connectivity index (χ0n) is 6.80. The standard InChI is InChI=1S/C8H16S2/c1-9-7-6-8(7)10(2)4-3-5-10/h7-8H,3-6H2,1-2H3. The van der Waals surface area contributed by atoms with Gasteiger partial charge in [0, 0.05) is 10.5 Å².